The standard InChI is InChI=1S/C20H24N6O2/c1-14-5-4-6-17(11-14)28-13-20(27)23-8-7-22-18-12-19(25-15(2)24-18)26-10-9-21-16(26)3/h4-6,9-12H,7-8,13H2,1-3H3,(H,23,27)(H,22,24,25). The number of aromatic nitrogens is 4. The Morgan fingerprint density at radius 2 is 2.00 bits per heavy atom. The van der Waals surface area contributed by atoms with E-state index in [1.807, 2.05) is 61.9 Å². The molecule has 0 atom stereocenters. The smallest absolute Gasteiger partial charge is 0.258 e. The number of rotatable bonds is 8. The molecule has 0 radical (unpaired) electrons. The van der Waals surface area contributed by atoms with E-state index < -0.39 is 0 Å². The number of aryl methyl sites for hydroxylation is 3. The monoisotopic (exact) mass is 380 g/mol. The number of nitrogens with one attached hydrogen (secondary N) is 2. The molecule has 0 spiro atoms. The topological polar surface area (TPSA) is 94.0 Å². The molecule has 0 bridgehead atoms. The van der Waals surface area contributed by atoms with Crippen molar-refractivity contribution in [3.8, 4) is 11.6 Å². The number of hydrogen-bond acceptors (Lipinski definition) is 6. The minimum Gasteiger partial charge on any atom is -0.484 e. The highest BCUT2D eigenvalue weighted by molar-refractivity contribution is 5.77. The van der Waals surface area contributed by atoms with Crippen LogP contribution >= 0.6 is 0 Å². The van der Waals surface area contributed by atoms with Crippen LogP contribution in [-0.4, -0.2) is 45.1 Å². The van der Waals surface area contributed by atoms with Crippen LogP contribution in [0, 0.1) is 20.8 Å². The Labute approximate surface area is 164 Å². The summed E-state index contributed by atoms with van der Waals surface area (Å²) < 4.78 is 7.38. The Morgan fingerprint density at radius 1 is 1.14 bits per heavy atom. The third-order valence-electron chi connectivity index (χ3n) is 4.01. The van der Waals surface area contributed by atoms with Crippen LogP contribution in [0.3, 0.4) is 0 Å². The lowest BCUT2D eigenvalue weighted by molar-refractivity contribution is -0.123. The van der Waals surface area contributed by atoms with Gasteiger partial charge >= 0.3 is 0 Å². The molecular formula is C20H24N6O2. The molecule has 0 saturated carbocycles. The molecule has 8 nitrogen and oxygen atoms in total. The first-order valence-electron chi connectivity index (χ1n) is 9.07. The minimum absolute atomic E-state index is 0.0138. The molecule has 28 heavy (non-hydrogen) atoms. The number of hydrogen-bond donors (Lipinski definition) is 2. The van der Waals surface area contributed by atoms with E-state index in [4.69, 9.17) is 4.74 Å². The highest BCUT2D eigenvalue weighted by Crippen LogP contribution is 2.13. The lowest BCUT2D eigenvalue weighted by Crippen LogP contribution is -2.32. The van der Waals surface area contributed by atoms with Crippen molar-refractivity contribution in [2.75, 3.05) is 25.0 Å². The molecule has 0 fully saturated rings. The first kappa shape index (κ1) is 19.3. The predicted octanol–water partition coefficient (Wildman–Crippen LogP) is 2.19. The van der Waals surface area contributed by atoms with E-state index in [-0.39, 0.29) is 12.5 Å². The molecule has 0 unspecified atom stereocenters. The number of nitrogens with zero attached hydrogens (tertiary/aromatic N) is 4. The molecule has 0 aliphatic rings. The Bertz CT molecular complexity index is 953. The third kappa shape index (κ3) is 5.29. The average Bonchev–Trinajstić information content (AvgIpc) is 3.09. The maximum atomic E-state index is 11.9. The molecule has 2 N–H and O–H groups in total. The van der Waals surface area contributed by atoms with Gasteiger partial charge in [0.25, 0.3) is 5.91 Å². The Hall–Kier alpha value is -3.42. The fourth-order valence-corrected chi connectivity index (χ4v) is 2.68. The van der Waals surface area contributed by atoms with Gasteiger partial charge < -0.3 is 15.4 Å². The van der Waals surface area contributed by atoms with E-state index in [0.717, 1.165) is 17.2 Å². The molecule has 8 heteroatoms. The van der Waals surface area contributed by atoms with Crippen molar-refractivity contribution < 1.29 is 9.53 Å². The van der Waals surface area contributed by atoms with Gasteiger partial charge in [-0.3, -0.25) is 9.36 Å². The van der Waals surface area contributed by atoms with Gasteiger partial charge in [-0.15, -0.1) is 0 Å². The number of amides is 1. The van der Waals surface area contributed by atoms with Crippen LogP contribution < -0.4 is 15.4 Å². The third-order valence-corrected chi connectivity index (χ3v) is 4.01. The SMILES string of the molecule is Cc1cccc(OCC(=O)NCCNc2cc(-n3ccnc3C)nc(C)n2)c1. The van der Waals surface area contributed by atoms with E-state index in [2.05, 4.69) is 25.6 Å². The summed E-state index contributed by atoms with van der Waals surface area (Å²) in [5.74, 6) is 3.47. The second kappa shape index (κ2) is 8.98. The van der Waals surface area contributed by atoms with Crippen molar-refractivity contribution in [2.45, 2.75) is 20.8 Å². The van der Waals surface area contributed by atoms with Gasteiger partial charge in [-0.25, -0.2) is 15.0 Å². The van der Waals surface area contributed by atoms with Gasteiger partial charge in [-0.05, 0) is 38.5 Å². The average molecular weight is 380 g/mol. The van der Waals surface area contributed by atoms with E-state index >= 15 is 0 Å². The number of anilines is 1. The maximum absolute atomic E-state index is 11.9. The summed E-state index contributed by atoms with van der Waals surface area (Å²) in [5.41, 5.74) is 1.09. The highest BCUT2D eigenvalue weighted by Gasteiger charge is 2.07. The summed E-state index contributed by atoms with van der Waals surface area (Å²) in [5, 5.41) is 6.02. The number of carbonyl (C=O) groups is 1. The van der Waals surface area contributed by atoms with Gasteiger partial charge in [0.2, 0.25) is 0 Å². The van der Waals surface area contributed by atoms with Gasteiger partial charge in [0.1, 0.15) is 29.0 Å². The van der Waals surface area contributed by atoms with Crippen molar-refractivity contribution in [3.05, 3.63) is 59.9 Å². The van der Waals surface area contributed by atoms with Crippen LogP contribution in [0.15, 0.2) is 42.7 Å². The summed E-state index contributed by atoms with van der Waals surface area (Å²) in [6.07, 6.45) is 3.59. The molecule has 2 aromatic heterocycles. The van der Waals surface area contributed by atoms with Gasteiger partial charge in [-0.1, -0.05) is 12.1 Å². The molecule has 0 aliphatic carbocycles. The van der Waals surface area contributed by atoms with Crippen molar-refractivity contribution in [3.63, 3.8) is 0 Å². The van der Waals surface area contributed by atoms with E-state index in [9.17, 15) is 4.79 Å². The zero-order valence-corrected chi connectivity index (χ0v) is 16.3. The molecular weight excluding hydrogens is 356 g/mol. The molecule has 3 aromatic rings. The van der Waals surface area contributed by atoms with Gasteiger partial charge in [0.15, 0.2) is 6.61 Å². The minimum atomic E-state index is -0.170. The fraction of sp³-hybridized carbons (Fsp3) is 0.300. The highest BCUT2D eigenvalue weighted by atomic mass is 16.5. The Balaban J connectivity index is 1.45. The normalized spacial score (nSPS) is 10.5. The van der Waals surface area contributed by atoms with Crippen LogP contribution in [-0.2, 0) is 4.79 Å². The van der Waals surface area contributed by atoms with E-state index in [1.54, 1.807) is 6.20 Å². The lowest BCUT2D eigenvalue weighted by atomic mass is 10.2. The van der Waals surface area contributed by atoms with E-state index in [0.29, 0.717) is 30.5 Å². The Kier molecular flexibility index (Phi) is 6.21. The Morgan fingerprint density at radius 3 is 2.75 bits per heavy atom. The van der Waals surface area contributed by atoms with Crippen LogP contribution in [0.4, 0.5) is 5.82 Å². The summed E-state index contributed by atoms with van der Waals surface area (Å²) in [6, 6.07) is 9.46. The van der Waals surface area contributed by atoms with Gasteiger partial charge in [0.05, 0.1) is 0 Å². The predicted molar refractivity (Wildman–Crippen MR) is 107 cm³/mol. The molecule has 3 rings (SSSR count). The van der Waals surface area contributed by atoms with Crippen LogP contribution in [0.2, 0.25) is 0 Å². The second-order valence-electron chi connectivity index (χ2n) is 6.38. The first-order chi connectivity index (χ1) is 13.5. The molecule has 0 saturated heterocycles. The molecule has 1 amide bonds. The summed E-state index contributed by atoms with van der Waals surface area (Å²) in [6.45, 7) is 6.71. The molecule has 2 heterocycles. The number of imidazole rings is 1. The fourth-order valence-electron chi connectivity index (χ4n) is 2.68. The van der Waals surface area contributed by atoms with Gasteiger partial charge in [-0.2, -0.15) is 0 Å². The molecule has 146 valence electrons. The van der Waals surface area contributed by atoms with Crippen molar-refractivity contribution in [2.24, 2.45) is 0 Å². The van der Waals surface area contributed by atoms with Crippen molar-refractivity contribution >= 4 is 11.7 Å². The van der Waals surface area contributed by atoms with Crippen molar-refractivity contribution in [1.82, 2.24) is 24.8 Å². The number of ether oxygens (including phenoxy) is 1. The summed E-state index contributed by atoms with van der Waals surface area (Å²) in [7, 11) is 0. The maximum Gasteiger partial charge on any atom is 0.258 e. The molecule has 1 aromatic carbocycles. The zero-order valence-electron chi connectivity index (χ0n) is 16.3. The second-order valence-corrected chi connectivity index (χ2v) is 6.38. The number of benzene rings is 1. The summed E-state index contributed by atoms with van der Waals surface area (Å²) >= 11 is 0. The quantitative estimate of drug-likeness (QED) is 0.582. The van der Waals surface area contributed by atoms with Crippen LogP contribution in [0.1, 0.15) is 17.2 Å². The largest absolute Gasteiger partial charge is 0.484 e. The van der Waals surface area contributed by atoms with E-state index in [1.165, 1.54) is 0 Å². The zero-order chi connectivity index (χ0) is 19.9. The van der Waals surface area contributed by atoms with Crippen LogP contribution in [0.25, 0.3) is 5.82 Å². The molecule has 0 aliphatic heterocycles. The number of carbonyl (C=O) groups excluding carboxylic acids is 1. The van der Waals surface area contributed by atoms with Crippen molar-refractivity contribution in [1.29, 1.82) is 0 Å². The van der Waals surface area contributed by atoms with Gasteiger partial charge in [0, 0.05) is 31.5 Å². The lowest BCUT2D eigenvalue weighted by Gasteiger charge is -2.11. The van der Waals surface area contributed by atoms with Crippen LogP contribution in [0.5, 0.6) is 5.75 Å². The first-order valence-corrected chi connectivity index (χ1v) is 9.07. The summed E-state index contributed by atoms with van der Waals surface area (Å²) in [4.78, 5) is 24.9.